The number of carbonyl (C=O) groups excluding carboxylic acids is 1. The van der Waals surface area contributed by atoms with Crippen LogP contribution in [0, 0.1) is 0 Å². The Balaban J connectivity index is 2.17. The summed E-state index contributed by atoms with van der Waals surface area (Å²) < 4.78 is 17.0. The number of thiophene rings is 1. The highest BCUT2D eigenvalue weighted by atomic mass is 32.1. The predicted molar refractivity (Wildman–Crippen MR) is 122 cm³/mol. The fourth-order valence-corrected chi connectivity index (χ4v) is 4.75. The lowest BCUT2D eigenvalue weighted by atomic mass is 10.0. The molecule has 0 unspecified atom stereocenters. The van der Waals surface area contributed by atoms with Gasteiger partial charge >= 0.3 is 5.97 Å². The Labute approximate surface area is 185 Å². The first kappa shape index (κ1) is 23.0. The van der Waals surface area contributed by atoms with E-state index >= 15 is 0 Å². The number of rotatable bonds is 10. The van der Waals surface area contributed by atoms with Gasteiger partial charge in [-0.2, -0.15) is 0 Å². The van der Waals surface area contributed by atoms with Crippen molar-refractivity contribution in [3.8, 4) is 16.9 Å². The SMILES string of the molecule is CCc1sc2nc(CCOC)n(CCCC(=O)OC)c(=O)c2c1-c1cccc(OC)c1. The van der Waals surface area contributed by atoms with Gasteiger partial charge in [0.2, 0.25) is 0 Å². The first-order chi connectivity index (χ1) is 15.0. The van der Waals surface area contributed by atoms with Gasteiger partial charge in [0.15, 0.2) is 0 Å². The standard InChI is InChI=1S/C23H28N2O5S/c1-5-17-20(15-8-6-9-16(14-15)29-3)21-22(31-17)24-18(11-13-28-2)25(23(21)27)12-7-10-19(26)30-4/h6,8-9,14H,5,7,10-13H2,1-4H3. The molecule has 8 heteroatoms. The van der Waals surface area contributed by atoms with Crippen molar-refractivity contribution in [3.63, 3.8) is 0 Å². The molecule has 0 radical (unpaired) electrons. The molecule has 3 rings (SSSR count). The average Bonchev–Trinajstić information content (AvgIpc) is 3.17. The molecular formula is C23H28N2O5S. The highest BCUT2D eigenvalue weighted by Crippen LogP contribution is 2.38. The van der Waals surface area contributed by atoms with Crippen molar-refractivity contribution in [2.75, 3.05) is 27.9 Å². The smallest absolute Gasteiger partial charge is 0.305 e. The molecular weight excluding hydrogens is 416 g/mol. The number of nitrogens with zero attached hydrogens (tertiary/aromatic N) is 2. The van der Waals surface area contributed by atoms with Gasteiger partial charge in [-0.15, -0.1) is 11.3 Å². The van der Waals surface area contributed by atoms with Crippen LogP contribution in [0.1, 0.15) is 30.5 Å². The van der Waals surface area contributed by atoms with Gasteiger partial charge < -0.3 is 14.2 Å². The van der Waals surface area contributed by atoms with Crippen LogP contribution in [0.15, 0.2) is 29.1 Å². The van der Waals surface area contributed by atoms with Crippen LogP contribution in [-0.4, -0.2) is 43.5 Å². The number of ether oxygens (including phenoxy) is 3. The van der Waals surface area contributed by atoms with Crippen LogP contribution in [-0.2, 0) is 33.7 Å². The first-order valence-corrected chi connectivity index (χ1v) is 11.1. The Hall–Kier alpha value is -2.71. The molecule has 0 aliphatic heterocycles. The van der Waals surface area contributed by atoms with E-state index in [1.54, 1.807) is 30.1 Å². The fraction of sp³-hybridized carbons (Fsp3) is 0.435. The largest absolute Gasteiger partial charge is 0.497 e. The van der Waals surface area contributed by atoms with Crippen molar-refractivity contribution in [3.05, 3.63) is 45.3 Å². The number of hydrogen-bond donors (Lipinski definition) is 0. The third kappa shape index (κ3) is 4.97. The number of esters is 1. The molecule has 0 atom stereocenters. The topological polar surface area (TPSA) is 79.7 Å². The second-order valence-corrected chi connectivity index (χ2v) is 8.16. The summed E-state index contributed by atoms with van der Waals surface area (Å²) >= 11 is 1.55. The highest BCUT2D eigenvalue weighted by Gasteiger charge is 2.21. The van der Waals surface area contributed by atoms with Crippen LogP contribution in [0.5, 0.6) is 5.75 Å². The lowest BCUT2D eigenvalue weighted by Gasteiger charge is -2.13. The van der Waals surface area contributed by atoms with E-state index in [-0.39, 0.29) is 17.9 Å². The van der Waals surface area contributed by atoms with E-state index in [0.717, 1.165) is 33.0 Å². The van der Waals surface area contributed by atoms with Crippen LogP contribution in [0.3, 0.4) is 0 Å². The number of hydrogen-bond acceptors (Lipinski definition) is 7. The lowest BCUT2D eigenvalue weighted by molar-refractivity contribution is -0.140. The number of benzene rings is 1. The molecule has 0 saturated carbocycles. The Morgan fingerprint density at radius 2 is 2.03 bits per heavy atom. The van der Waals surface area contributed by atoms with Crippen molar-refractivity contribution < 1.29 is 19.0 Å². The summed E-state index contributed by atoms with van der Waals surface area (Å²) in [5, 5.41) is 0.620. The van der Waals surface area contributed by atoms with Gasteiger partial charge in [-0.1, -0.05) is 19.1 Å². The van der Waals surface area contributed by atoms with Crippen molar-refractivity contribution in [2.24, 2.45) is 0 Å². The fourth-order valence-electron chi connectivity index (χ4n) is 3.60. The Kier molecular flexibility index (Phi) is 7.81. The van der Waals surface area contributed by atoms with Crippen LogP contribution >= 0.6 is 11.3 Å². The number of carbonyl (C=O) groups is 1. The molecule has 0 aliphatic rings. The molecule has 0 N–H and O–H groups in total. The minimum atomic E-state index is -0.290. The minimum Gasteiger partial charge on any atom is -0.497 e. The average molecular weight is 445 g/mol. The van der Waals surface area contributed by atoms with E-state index in [1.807, 2.05) is 24.3 Å². The molecule has 0 spiro atoms. The Morgan fingerprint density at radius 3 is 2.71 bits per heavy atom. The van der Waals surface area contributed by atoms with Gasteiger partial charge in [0.25, 0.3) is 5.56 Å². The van der Waals surface area contributed by atoms with Gasteiger partial charge in [0, 0.05) is 36.9 Å². The zero-order chi connectivity index (χ0) is 22.4. The lowest BCUT2D eigenvalue weighted by Crippen LogP contribution is -2.26. The maximum absolute atomic E-state index is 13.7. The molecule has 7 nitrogen and oxygen atoms in total. The molecule has 2 aromatic heterocycles. The quantitative estimate of drug-likeness (QED) is 0.442. The third-order valence-corrected chi connectivity index (χ3v) is 6.39. The van der Waals surface area contributed by atoms with E-state index in [9.17, 15) is 9.59 Å². The summed E-state index contributed by atoms with van der Waals surface area (Å²) in [6.07, 6.45) is 2.06. The van der Waals surface area contributed by atoms with Crippen molar-refractivity contribution >= 4 is 27.5 Å². The molecule has 0 saturated heterocycles. The van der Waals surface area contributed by atoms with Crippen LogP contribution in [0.2, 0.25) is 0 Å². The Morgan fingerprint density at radius 1 is 1.23 bits per heavy atom. The van der Waals surface area contributed by atoms with Crippen LogP contribution in [0.4, 0.5) is 0 Å². The maximum atomic E-state index is 13.7. The summed E-state index contributed by atoms with van der Waals surface area (Å²) in [6, 6.07) is 7.74. The summed E-state index contributed by atoms with van der Waals surface area (Å²) in [6.45, 7) is 2.93. The summed E-state index contributed by atoms with van der Waals surface area (Å²) in [5.41, 5.74) is 1.76. The van der Waals surface area contributed by atoms with E-state index in [0.29, 0.717) is 37.2 Å². The van der Waals surface area contributed by atoms with Gasteiger partial charge in [-0.05, 0) is 30.5 Å². The molecule has 31 heavy (non-hydrogen) atoms. The van der Waals surface area contributed by atoms with Crippen molar-refractivity contribution in [1.29, 1.82) is 0 Å². The molecule has 0 aliphatic carbocycles. The monoisotopic (exact) mass is 444 g/mol. The number of aromatic nitrogens is 2. The molecule has 166 valence electrons. The zero-order valence-corrected chi connectivity index (χ0v) is 19.2. The van der Waals surface area contributed by atoms with E-state index in [1.165, 1.54) is 7.11 Å². The number of aryl methyl sites for hydroxylation is 1. The van der Waals surface area contributed by atoms with Gasteiger partial charge in [-0.3, -0.25) is 14.2 Å². The van der Waals surface area contributed by atoms with E-state index in [2.05, 4.69) is 6.92 Å². The van der Waals surface area contributed by atoms with Crippen LogP contribution < -0.4 is 10.3 Å². The summed E-state index contributed by atoms with van der Waals surface area (Å²) in [5.74, 6) is 1.12. The summed E-state index contributed by atoms with van der Waals surface area (Å²) in [7, 11) is 4.62. The normalized spacial score (nSPS) is 11.1. The molecule has 2 heterocycles. The molecule has 0 bridgehead atoms. The maximum Gasteiger partial charge on any atom is 0.305 e. The second kappa shape index (κ2) is 10.5. The number of methoxy groups -OCH3 is 3. The van der Waals surface area contributed by atoms with Gasteiger partial charge in [0.1, 0.15) is 16.4 Å². The number of fused-ring (bicyclic) bond motifs is 1. The van der Waals surface area contributed by atoms with Crippen LogP contribution in [0.25, 0.3) is 21.3 Å². The van der Waals surface area contributed by atoms with Gasteiger partial charge in [0.05, 0.1) is 26.2 Å². The molecule has 0 fully saturated rings. The minimum absolute atomic E-state index is 0.0882. The van der Waals surface area contributed by atoms with E-state index < -0.39 is 0 Å². The summed E-state index contributed by atoms with van der Waals surface area (Å²) in [4.78, 5) is 31.9. The van der Waals surface area contributed by atoms with Crippen molar-refractivity contribution in [2.45, 2.75) is 39.2 Å². The van der Waals surface area contributed by atoms with Crippen molar-refractivity contribution in [1.82, 2.24) is 9.55 Å². The Bertz CT molecular complexity index is 1120. The second-order valence-electron chi connectivity index (χ2n) is 7.07. The first-order valence-electron chi connectivity index (χ1n) is 10.3. The van der Waals surface area contributed by atoms with E-state index in [4.69, 9.17) is 19.2 Å². The molecule has 3 aromatic rings. The van der Waals surface area contributed by atoms with Gasteiger partial charge in [-0.25, -0.2) is 4.98 Å². The zero-order valence-electron chi connectivity index (χ0n) is 18.4. The third-order valence-electron chi connectivity index (χ3n) is 5.16. The highest BCUT2D eigenvalue weighted by molar-refractivity contribution is 7.19. The predicted octanol–water partition coefficient (Wildman–Crippen LogP) is 3.84. The molecule has 0 amide bonds. The molecule has 1 aromatic carbocycles.